The molecule has 0 fully saturated rings. The number of benzene rings is 2. The van der Waals surface area contributed by atoms with E-state index in [1.807, 2.05) is 24.3 Å². The molecule has 3 amide bonds. The van der Waals surface area contributed by atoms with E-state index in [1.165, 1.54) is 13.1 Å². The molecule has 3 rings (SSSR count). The molecular weight excluding hydrogens is 424 g/mol. The van der Waals surface area contributed by atoms with Crippen LogP contribution < -0.4 is 10.6 Å². The number of carbonyl (C=O) groups excluding carboxylic acids is 3. The van der Waals surface area contributed by atoms with Crippen molar-refractivity contribution in [2.24, 2.45) is 0 Å². The second-order valence-corrected chi connectivity index (χ2v) is 7.05. The first kappa shape index (κ1) is 19.5. The van der Waals surface area contributed by atoms with Crippen LogP contribution in [-0.2, 0) is 11.2 Å². The van der Waals surface area contributed by atoms with Gasteiger partial charge in [0.1, 0.15) is 5.84 Å². The summed E-state index contributed by atoms with van der Waals surface area (Å²) < 4.78 is 0.959. The Morgan fingerprint density at radius 2 is 1.86 bits per heavy atom. The Kier molecular flexibility index (Phi) is 5.70. The van der Waals surface area contributed by atoms with Crippen LogP contribution in [0.3, 0.4) is 0 Å². The molecule has 0 saturated carbocycles. The molecule has 3 N–H and O–H groups in total. The molecule has 2 aromatic rings. The minimum atomic E-state index is -0.443. The molecule has 142 valence electrons. The zero-order valence-electron chi connectivity index (χ0n) is 15.0. The van der Waals surface area contributed by atoms with Gasteiger partial charge in [0, 0.05) is 23.4 Å². The Hall–Kier alpha value is -3.26. The summed E-state index contributed by atoms with van der Waals surface area (Å²) in [5.41, 5.74) is 1.85. The number of hydrogen-bond donors (Lipinski definition) is 3. The summed E-state index contributed by atoms with van der Waals surface area (Å²) in [6.45, 7) is 0. The Morgan fingerprint density at radius 3 is 2.57 bits per heavy atom. The van der Waals surface area contributed by atoms with Crippen molar-refractivity contribution < 1.29 is 14.4 Å². The third-order valence-corrected chi connectivity index (χ3v) is 4.70. The molecule has 1 heterocycles. The van der Waals surface area contributed by atoms with E-state index in [0.717, 1.165) is 15.1 Å². The third kappa shape index (κ3) is 4.17. The molecule has 0 unspecified atom stereocenters. The quantitative estimate of drug-likeness (QED) is 0.377. The average Bonchev–Trinajstić information content (AvgIpc) is 2.88. The van der Waals surface area contributed by atoms with Crippen LogP contribution in [0.4, 0.5) is 5.69 Å². The number of hydrogen-bond acceptors (Lipinski definition) is 5. The van der Waals surface area contributed by atoms with Crippen molar-refractivity contribution in [1.82, 2.24) is 10.2 Å². The van der Waals surface area contributed by atoms with Gasteiger partial charge in [-0.05, 0) is 42.0 Å². The van der Waals surface area contributed by atoms with Gasteiger partial charge in [-0.15, -0.1) is 0 Å². The van der Waals surface area contributed by atoms with Crippen molar-refractivity contribution in [3.63, 3.8) is 0 Å². The topological polar surface area (TPSA) is 102 Å². The fraction of sp³-hybridized carbons (Fsp3) is 0.100. The summed E-state index contributed by atoms with van der Waals surface area (Å²) in [5, 5.41) is 13.3. The fourth-order valence-corrected chi connectivity index (χ4v) is 3.06. The van der Waals surface area contributed by atoms with Crippen molar-refractivity contribution >= 4 is 45.2 Å². The van der Waals surface area contributed by atoms with E-state index in [2.05, 4.69) is 26.6 Å². The first-order valence-electron chi connectivity index (χ1n) is 8.38. The van der Waals surface area contributed by atoms with Crippen molar-refractivity contribution in [3.05, 3.63) is 75.9 Å². The SMILES string of the molecule is CN1C(=O)c2cccc(CC(=O)NC(=N)/C=C\Nc3ccc(Br)cc3)c2C1=O. The summed E-state index contributed by atoms with van der Waals surface area (Å²) in [6, 6.07) is 12.3. The molecule has 1 aliphatic rings. The smallest absolute Gasteiger partial charge is 0.261 e. The van der Waals surface area contributed by atoms with Gasteiger partial charge in [-0.3, -0.25) is 24.7 Å². The van der Waals surface area contributed by atoms with Gasteiger partial charge in [-0.25, -0.2) is 0 Å². The van der Waals surface area contributed by atoms with Gasteiger partial charge >= 0.3 is 0 Å². The van der Waals surface area contributed by atoms with Crippen LogP contribution in [0, 0.1) is 5.41 Å². The second-order valence-electron chi connectivity index (χ2n) is 6.13. The Balaban J connectivity index is 1.60. The molecule has 0 saturated heterocycles. The predicted octanol–water partition coefficient (Wildman–Crippen LogP) is 2.94. The van der Waals surface area contributed by atoms with Crippen LogP contribution in [-0.4, -0.2) is 35.5 Å². The highest BCUT2D eigenvalue weighted by Gasteiger charge is 2.34. The molecule has 1 aliphatic heterocycles. The van der Waals surface area contributed by atoms with E-state index in [4.69, 9.17) is 5.41 Å². The molecule has 0 spiro atoms. The van der Waals surface area contributed by atoms with E-state index >= 15 is 0 Å². The zero-order valence-corrected chi connectivity index (χ0v) is 16.5. The van der Waals surface area contributed by atoms with Crippen LogP contribution in [0.2, 0.25) is 0 Å². The largest absolute Gasteiger partial charge is 0.362 e. The second kappa shape index (κ2) is 8.18. The van der Waals surface area contributed by atoms with Gasteiger partial charge < -0.3 is 10.6 Å². The van der Waals surface area contributed by atoms with Crippen LogP contribution >= 0.6 is 15.9 Å². The molecule has 0 radical (unpaired) electrons. The van der Waals surface area contributed by atoms with E-state index in [1.54, 1.807) is 24.4 Å². The van der Waals surface area contributed by atoms with Crippen molar-refractivity contribution in [3.8, 4) is 0 Å². The van der Waals surface area contributed by atoms with Crippen LogP contribution in [0.1, 0.15) is 26.3 Å². The maximum atomic E-state index is 12.2. The standard InChI is InChI=1S/C20H17BrN4O3/c1-25-19(27)15-4-2-3-12(18(15)20(25)28)11-17(26)24-16(22)9-10-23-14-7-5-13(21)6-8-14/h2-10,23H,11H2,1H3,(H2,22,24,26)/b10-9-. The van der Waals surface area contributed by atoms with E-state index < -0.39 is 11.8 Å². The highest BCUT2D eigenvalue weighted by molar-refractivity contribution is 9.10. The lowest BCUT2D eigenvalue weighted by atomic mass is 10.00. The van der Waals surface area contributed by atoms with Crippen LogP contribution in [0.15, 0.2) is 59.2 Å². The minimum Gasteiger partial charge on any atom is -0.362 e. The molecule has 28 heavy (non-hydrogen) atoms. The van der Waals surface area contributed by atoms with Crippen LogP contribution in [0.25, 0.3) is 0 Å². The summed E-state index contributed by atoms with van der Waals surface area (Å²) in [4.78, 5) is 37.5. The maximum Gasteiger partial charge on any atom is 0.261 e. The average molecular weight is 441 g/mol. The van der Waals surface area contributed by atoms with Crippen molar-refractivity contribution in [2.45, 2.75) is 6.42 Å². The van der Waals surface area contributed by atoms with Crippen molar-refractivity contribution in [2.75, 3.05) is 12.4 Å². The number of fused-ring (bicyclic) bond motifs is 1. The van der Waals surface area contributed by atoms with E-state index in [9.17, 15) is 14.4 Å². The van der Waals surface area contributed by atoms with E-state index in [0.29, 0.717) is 11.1 Å². The summed E-state index contributed by atoms with van der Waals surface area (Å²) >= 11 is 3.35. The van der Waals surface area contributed by atoms with Gasteiger partial charge in [0.15, 0.2) is 0 Å². The number of imide groups is 1. The highest BCUT2D eigenvalue weighted by Crippen LogP contribution is 2.25. The van der Waals surface area contributed by atoms with Gasteiger partial charge in [-0.2, -0.15) is 0 Å². The van der Waals surface area contributed by atoms with Gasteiger partial charge in [0.05, 0.1) is 17.5 Å². The normalized spacial score (nSPS) is 13.0. The number of amidine groups is 1. The number of amides is 3. The molecular formula is C20H17BrN4O3. The number of halogens is 1. The Bertz CT molecular complexity index is 999. The lowest BCUT2D eigenvalue weighted by Crippen LogP contribution is -2.30. The van der Waals surface area contributed by atoms with E-state index in [-0.39, 0.29) is 23.7 Å². The van der Waals surface area contributed by atoms with Gasteiger partial charge in [0.25, 0.3) is 11.8 Å². The fourth-order valence-electron chi connectivity index (χ4n) is 2.80. The first-order valence-corrected chi connectivity index (χ1v) is 9.17. The lowest BCUT2D eigenvalue weighted by Gasteiger charge is -2.07. The van der Waals surface area contributed by atoms with Gasteiger partial charge in [-0.1, -0.05) is 28.1 Å². The molecule has 7 nitrogen and oxygen atoms in total. The summed E-state index contributed by atoms with van der Waals surface area (Å²) in [5.74, 6) is -1.34. The molecule has 8 heteroatoms. The lowest BCUT2D eigenvalue weighted by molar-refractivity contribution is -0.119. The van der Waals surface area contributed by atoms with Crippen molar-refractivity contribution in [1.29, 1.82) is 5.41 Å². The summed E-state index contributed by atoms with van der Waals surface area (Å²) in [6.07, 6.45) is 2.85. The Morgan fingerprint density at radius 1 is 1.14 bits per heavy atom. The highest BCUT2D eigenvalue weighted by atomic mass is 79.9. The summed E-state index contributed by atoms with van der Waals surface area (Å²) in [7, 11) is 1.41. The molecule has 0 bridgehead atoms. The van der Waals surface area contributed by atoms with Gasteiger partial charge in [0.2, 0.25) is 5.91 Å². The third-order valence-electron chi connectivity index (χ3n) is 4.17. The number of carbonyl (C=O) groups is 3. The maximum absolute atomic E-state index is 12.2. The van der Waals surface area contributed by atoms with Crippen LogP contribution in [0.5, 0.6) is 0 Å². The number of rotatable bonds is 5. The molecule has 0 aliphatic carbocycles. The zero-order chi connectivity index (χ0) is 20.3. The Labute approximate surface area is 170 Å². The first-order chi connectivity index (χ1) is 13.4. The number of nitrogens with one attached hydrogen (secondary N) is 3. The monoisotopic (exact) mass is 440 g/mol. The number of nitrogens with zero attached hydrogens (tertiary/aromatic N) is 1. The molecule has 0 aromatic heterocycles. The number of anilines is 1. The molecule has 0 atom stereocenters. The molecule has 2 aromatic carbocycles. The predicted molar refractivity (Wildman–Crippen MR) is 109 cm³/mol. The minimum absolute atomic E-state index is 0.0956.